The van der Waals surface area contributed by atoms with Gasteiger partial charge in [-0.15, -0.1) is 0 Å². The van der Waals surface area contributed by atoms with Crippen molar-refractivity contribution in [1.29, 1.82) is 0 Å². The van der Waals surface area contributed by atoms with E-state index in [0.29, 0.717) is 18.7 Å². The van der Waals surface area contributed by atoms with Crippen molar-refractivity contribution in [3.8, 4) is 0 Å². The second-order valence-electron chi connectivity index (χ2n) is 6.26. The van der Waals surface area contributed by atoms with E-state index in [4.69, 9.17) is 0 Å². The monoisotopic (exact) mass is 343 g/mol. The Bertz CT molecular complexity index is 787. The Labute approximate surface area is 145 Å². The highest BCUT2D eigenvalue weighted by atomic mass is 32.2. The zero-order valence-electron chi connectivity index (χ0n) is 13.9. The maximum atomic E-state index is 12.4. The first kappa shape index (κ1) is 16.8. The van der Waals surface area contributed by atoms with Gasteiger partial charge in [0.05, 0.1) is 11.7 Å². The number of carbonyl (C=O) groups is 1. The third kappa shape index (κ3) is 3.70. The van der Waals surface area contributed by atoms with E-state index in [1.807, 2.05) is 44.2 Å². The van der Waals surface area contributed by atoms with Crippen LogP contribution in [0.3, 0.4) is 0 Å². The molecule has 2 aromatic rings. The lowest BCUT2D eigenvalue weighted by Gasteiger charge is -2.14. The summed E-state index contributed by atoms with van der Waals surface area (Å²) < 4.78 is 1.67. The van der Waals surface area contributed by atoms with Crippen LogP contribution in [0.4, 0.5) is 0 Å². The van der Waals surface area contributed by atoms with Gasteiger partial charge >= 0.3 is 0 Å². The average Bonchev–Trinajstić information content (AvgIpc) is 2.97. The fraction of sp³-hybridized carbons (Fsp3) is 0.389. The second-order valence-corrected chi connectivity index (χ2v) is 7.24. The van der Waals surface area contributed by atoms with Gasteiger partial charge in [-0.2, -0.15) is 0 Å². The first-order chi connectivity index (χ1) is 11.5. The Balaban J connectivity index is 1.66. The summed E-state index contributed by atoms with van der Waals surface area (Å²) in [6, 6.07) is 11.3. The Morgan fingerprint density at radius 3 is 2.83 bits per heavy atom. The molecule has 0 aliphatic carbocycles. The average molecular weight is 343 g/mol. The normalized spacial score (nSPS) is 16.2. The summed E-state index contributed by atoms with van der Waals surface area (Å²) >= 11 is 1.55. The van der Waals surface area contributed by atoms with Gasteiger partial charge in [0.1, 0.15) is 0 Å². The summed E-state index contributed by atoms with van der Waals surface area (Å²) in [5.41, 5.74) is 1.81. The number of nitrogens with one attached hydrogen (secondary N) is 1. The van der Waals surface area contributed by atoms with Gasteiger partial charge in [-0.05, 0) is 11.5 Å². The number of amides is 1. The van der Waals surface area contributed by atoms with Crippen LogP contribution < -0.4 is 10.9 Å². The van der Waals surface area contributed by atoms with Crippen molar-refractivity contribution in [2.75, 3.05) is 5.75 Å². The Hall–Kier alpha value is -2.08. The fourth-order valence-electron chi connectivity index (χ4n) is 2.70. The molecule has 1 amide bonds. The van der Waals surface area contributed by atoms with Gasteiger partial charge in [0.2, 0.25) is 5.91 Å². The molecule has 1 aromatic carbocycles. The van der Waals surface area contributed by atoms with Crippen LogP contribution in [0.5, 0.6) is 0 Å². The summed E-state index contributed by atoms with van der Waals surface area (Å²) in [6.45, 7) is 4.55. The molecule has 1 atom stereocenters. The minimum atomic E-state index is -0.123. The van der Waals surface area contributed by atoms with Crippen molar-refractivity contribution in [1.82, 2.24) is 14.9 Å². The van der Waals surface area contributed by atoms with Crippen molar-refractivity contribution in [2.24, 2.45) is 0 Å². The molecule has 1 N–H and O–H groups in total. The topological polar surface area (TPSA) is 64.0 Å². The largest absolute Gasteiger partial charge is 0.352 e. The highest BCUT2D eigenvalue weighted by Crippen LogP contribution is 2.32. The molecule has 1 unspecified atom stereocenters. The van der Waals surface area contributed by atoms with Gasteiger partial charge in [0.15, 0.2) is 5.16 Å². The lowest BCUT2D eigenvalue weighted by Crippen LogP contribution is -2.30. The molecule has 3 rings (SSSR count). The first-order valence-corrected chi connectivity index (χ1v) is 9.10. The van der Waals surface area contributed by atoms with Crippen LogP contribution in [0, 0.1) is 0 Å². The summed E-state index contributed by atoms with van der Waals surface area (Å²) in [6.07, 6.45) is 0.301. The van der Waals surface area contributed by atoms with Gasteiger partial charge in [0, 0.05) is 24.8 Å². The zero-order valence-corrected chi connectivity index (χ0v) is 14.7. The quantitative estimate of drug-likeness (QED) is 0.848. The number of carbonyl (C=O) groups excluding carboxylic acids is 1. The smallest absolute Gasteiger partial charge is 0.254 e. The molecule has 0 saturated carbocycles. The van der Waals surface area contributed by atoms with Gasteiger partial charge in [0.25, 0.3) is 5.56 Å². The first-order valence-electron chi connectivity index (χ1n) is 8.11. The number of benzene rings is 1. The summed E-state index contributed by atoms with van der Waals surface area (Å²) in [5.74, 6) is 0.886. The Morgan fingerprint density at radius 2 is 2.12 bits per heavy atom. The molecule has 1 aliphatic heterocycles. The lowest BCUT2D eigenvalue weighted by molar-refractivity contribution is -0.121. The SMILES string of the molecule is CC(C)c1cc(=O)n2c(n1)SCC2CC(=O)NCc1ccccc1. The van der Waals surface area contributed by atoms with Crippen molar-refractivity contribution in [2.45, 2.75) is 43.9 Å². The van der Waals surface area contributed by atoms with Crippen molar-refractivity contribution in [3.05, 3.63) is 58.0 Å². The molecule has 0 saturated heterocycles. The van der Waals surface area contributed by atoms with E-state index in [2.05, 4.69) is 10.3 Å². The van der Waals surface area contributed by atoms with Crippen LogP contribution in [0.25, 0.3) is 0 Å². The predicted octanol–water partition coefficient (Wildman–Crippen LogP) is 2.72. The number of aromatic nitrogens is 2. The molecule has 126 valence electrons. The standard InChI is InChI=1S/C18H21N3O2S/c1-12(2)15-9-17(23)21-14(11-24-18(21)20-15)8-16(22)19-10-13-6-4-3-5-7-13/h3-7,9,12,14H,8,10-11H2,1-2H3,(H,19,22). The number of nitrogens with zero attached hydrogens (tertiary/aromatic N) is 2. The van der Waals surface area contributed by atoms with Crippen LogP contribution >= 0.6 is 11.8 Å². The molecule has 5 nitrogen and oxygen atoms in total. The highest BCUT2D eigenvalue weighted by molar-refractivity contribution is 7.99. The second kappa shape index (κ2) is 7.21. The maximum Gasteiger partial charge on any atom is 0.254 e. The van der Waals surface area contributed by atoms with E-state index in [1.54, 1.807) is 22.4 Å². The van der Waals surface area contributed by atoms with Crippen LogP contribution in [-0.2, 0) is 11.3 Å². The van der Waals surface area contributed by atoms with E-state index < -0.39 is 0 Å². The molecule has 6 heteroatoms. The van der Waals surface area contributed by atoms with E-state index in [1.165, 1.54) is 0 Å². The van der Waals surface area contributed by atoms with Crippen LogP contribution in [-0.4, -0.2) is 21.2 Å². The van der Waals surface area contributed by atoms with E-state index in [0.717, 1.165) is 16.4 Å². The maximum absolute atomic E-state index is 12.4. The van der Waals surface area contributed by atoms with Gasteiger partial charge in [-0.3, -0.25) is 14.2 Å². The van der Waals surface area contributed by atoms with Gasteiger partial charge in [-0.1, -0.05) is 55.9 Å². The van der Waals surface area contributed by atoms with Crippen molar-refractivity contribution >= 4 is 17.7 Å². The molecule has 2 heterocycles. The van der Waals surface area contributed by atoms with E-state index in [-0.39, 0.29) is 23.4 Å². The molecule has 0 spiro atoms. The van der Waals surface area contributed by atoms with Crippen LogP contribution in [0.2, 0.25) is 0 Å². The number of thioether (sulfide) groups is 1. The van der Waals surface area contributed by atoms with Crippen LogP contribution in [0.15, 0.2) is 46.3 Å². The molecule has 1 aliphatic rings. The number of fused-ring (bicyclic) bond motifs is 1. The summed E-state index contributed by atoms with van der Waals surface area (Å²) in [4.78, 5) is 29.2. The lowest BCUT2D eigenvalue weighted by atomic mass is 10.1. The molecule has 0 radical (unpaired) electrons. The third-order valence-corrected chi connectivity index (χ3v) is 5.15. The molecule has 0 bridgehead atoms. The van der Waals surface area contributed by atoms with Crippen molar-refractivity contribution in [3.63, 3.8) is 0 Å². The van der Waals surface area contributed by atoms with Gasteiger partial charge < -0.3 is 5.32 Å². The van der Waals surface area contributed by atoms with Crippen LogP contribution in [0.1, 0.15) is 43.5 Å². The zero-order chi connectivity index (χ0) is 17.1. The van der Waals surface area contributed by atoms with Gasteiger partial charge in [-0.25, -0.2) is 4.98 Å². The minimum absolute atomic E-state index is 0.0443. The fourth-order valence-corrected chi connectivity index (χ4v) is 3.86. The van der Waals surface area contributed by atoms with E-state index >= 15 is 0 Å². The minimum Gasteiger partial charge on any atom is -0.352 e. The number of hydrogen-bond donors (Lipinski definition) is 1. The predicted molar refractivity (Wildman–Crippen MR) is 95.3 cm³/mol. The summed E-state index contributed by atoms with van der Waals surface area (Å²) in [7, 11) is 0. The number of hydrogen-bond acceptors (Lipinski definition) is 4. The third-order valence-electron chi connectivity index (χ3n) is 4.05. The highest BCUT2D eigenvalue weighted by Gasteiger charge is 2.27. The van der Waals surface area contributed by atoms with Crippen molar-refractivity contribution < 1.29 is 4.79 Å². The molecule has 0 fully saturated rings. The molecular weight excluding hydrogens is 322 g/mol. The Kier molecular flexibility index (Phi) is 5.04. The Morgan fingerprint density at radius 1 is 1.38 bits per heavy atom. The summed E-state index contributed by atoms with van der Waals surface area (Å²) in [5, 5.41) is 3.65. The molecule has 24 heavy (non-hydrogen) atoms. The molecule has 1 aromatic heterocycles. The molecular formula is C18H21N3O2S. The number of rotatable bonds is 5. The van der Waals surface area contributed by atoms with E-state index in [9.17, 15) is 9.59 Å².